The lowest BCUT2D eigenvalue weighted by Gasteiger charge is -2.35. The van der Waals surface area contributed by atoms with Crippen LogP contribution in [0.1, 0.15) is 36.0 Å². The molecule has 19 heavy (non-hydrogen) atoms. The number of benzene rings is 1. The molecule has 3 atom stereocenters. The summed E-state index contributed by atoms with van der Waals surface area (Å²) >= 11 is 5.89. The maximum absolute atomic E-state index is 12.1. The predicted molar refractivity (Wildman–Crippen MR) is 74.5 cm³/mol. The first kappa shape index (κ1) is 12.9. The third-order valence-corrected chi connectivity index (χ3v) is 4.62. The van der Waals surface area contributed by atoms with Crippen LogP contribution < -0.4 is 0 Å². The summed E-state index contributed by atoms with van der Waals surface area (Å²) in [6.07, 6.45) is 4.43. The summed E-state index contributed by atoms with van der Waals surface area (Å²) < 4.78 is 5.64. The Morgan fingerprint density at radius 1 is 1.32 bits per heavy atom. The number of hydrogen-bond donors (Lipinski definition) is 0. The number of halogens is 1. The van der Waals surface area contributed by atoms with Crippen LogP contribution in [0.15, 0.2) is 24.3 Å². The van der Waals surface area contributed by atoms with E-state index in [0.29, 0.717) is 22.7 Å². The fourth-order valence-electron chi connectivity index (χ4n) is 3.29. The highest BCUT2D eigenvalue weighted by molar-refractivity contribution is 6.30. The Hall–Kier alpha value is -1.06. The zero-order chi connectivity index (χ0) is 13.4. The van der Waals surface area contributed by atoms with Crippen molar-refractivity contribution in [2.24, 2.45) is 0 Å². The third kappa shape index (κ3) is 2.63. The molecule has 2 bridgehead atoms. The van der Waals surface area contributed by atoms with Crippen LogP contribution in [0.25, 0.3) is 0 Å². The molecule has 2 aliphatic rings. The number of nitrogens with zero attached hydrogens (tertiary/aromatic N) is 1. The van der Waals surface area contributed by atoms with Crippen LogP contribution in [0, 0.1) is 0 Å². The lowest BCUT2D eigenvalue weighted by Crippen LogP contribution is -2.43. The molecule has 4 heteroatoms. The standard InChI is InChI=1S/C15H18ClNO2/c1-17-12-5-6-13(17)9-14(8-12)19-15(18)10-3-2-4-11(16)7-10/h2-4,7,12-14H,5-6,8-9H2,1H3/t12-,13+,14?. The predicted octanol–water partition coefficient (Wildman–Crippen LogP) is 3.12. The van der Waals surface area contributed by atoms with Gasteiger partial charge in [0.05, 0.1) is 5.56 Å². The Labute approximate surface area is 118 Å². The Kier molecular flexibility index (Phi) is 3.50. The van der Waals surface area contributed by atoms with Crippen molar-refractivity contribution in [2.75, 3.05) is 7.05 Å². The van der Waals surface area contributed by atoms with Crippen LogP contribution in [0.5, 0.6) is 0 Å². The van der Waals surface area contributed by atoms with Crippen molar-refractivity contribution in [2.45, 2.75) is 43.9 Å². The van der Waals surface area contributed by atoms with E-state index < -0.39 is 0 Å². The highest BCUT2D eigenvalue weighted by Gasteiger charge is 2.39. The Balaban J connectivity index is 1.65. The van der Waals surface area contributed by atoms with Gasteiger partial charge in [0.2, 0.25) is 0 Å². The molecule has 3 rings (SSSR count). The number of fused-ring (bicyclic) bond motifs is 2. The van der Waals surface area contributed by atoms with Gasteiger partial charge in [-0.2, -0.15) is 0 Å². The number of esters is 1. The van der Waals surface area contributed by atoms with E-state index >= 15 is 0 Å². The summed E-state index contributed by atoms with van der Waals surface area (Å²) in [5.74, 6) is -0.253. The number of piperidine rings is 1. The minimum atomic E-state index is -0.253. The summed E-state index contributed by atoms with van der Waals surface area (Å²) in [6, 6.07) is 8.10. The molecule has 2 fully saturated rings. The van der Waals surface area contributed by atoms with E-state index in [1.54, 1.807) is 24.3 Å². The van der Waals surface area contributed by atoms with Gasteiger partial charge in [-0.1, -0.05) is 17.7 Å². The number of carbonyl (C=O) groups excluding carboxylic acids is 1. The summed E-state index contributed by atoms with van der Waals surface area (Å²) in [6.45, 7) is 0. The zero-order valence-corrected chi connectivity index (χ0v) is 11.8. The second kappa shape index (κ2) is 5.14. The molecule has 2 aliphatic heterocycles. The van der Waals surface area contributed by atoms with Crippen molar-refractivity contribution in [3.63, 3.8) is 0 Å². The molecule has 0 aliphatic carbocycles. The molecule has 2 heterocycles. The van der Waals surface area contributed by atoms with Gasteiger partial charge in [0.15, 0.2) is 0 Å². The molecule has 0 radical (unpaired) electrons. The van der Waals surface area contributed by atoms with E-state index in [9.17, 15) is 4.79 Å². The van der Waals surface area contributed by atoms with Crippen LogP contribution in [0.2, 0.25) is 5.02 Å². The number of hydrogen-bond acceptors (Lipinski definition) is 3. The van der Waals surface area contributed by atoms with Crippen molar-refractivity contribution in [1.82, 2.24) is 4.90 Å². The van der Waals surface area contributed by atoms with Gasteiger partial charge >= 0.3 is 5.97 Å². The molecule has 1 unspecified atom stereocenters. The fraction of sp³-hybridized carbons (Fsp3) is 0.533. The van der Waals surface area contributed by atoms with Gasteiger partial charge in [0.25, 0.3) is 0 Å². The molecule has 2 saturated heterocycles. The first-order valence-electron chi connectivity index (χ1n) is 6.82. The first-order chi connectivity index (χ1) is 9.13. The van der Waals surface area contributed by atoms with E-state index in [2.05, 4.69) is 11.9 Å². The Bertz CT molecular complexity index is 477. The second-order valence-corrected chi connectivity index (χ2v) is 6.00. The maximum atomic E-state index is 12.1. The quantitative estimate of drug-likeness (QED) is 0.779. The van der Waals surface area contributed by atoms with E-state index in [0.717, 1.165) is 12.8 Å². The first-order valence-corrected chi connectivity index (χ1v) is 7.20. The monoisotopic (exact) mass is 279 g/mol. The average molecular weight is 280 g/mol. The molecular weight excluding hydrogens is 262 g/mol. The maximum Gasteiger partial charge on any atom is 0.338 e. The van der Waals surface area contributed by atoms with Crippen LogP contribution >= 0.6 is 11.6 Å². The van der Waals surface area contributed by atoms with Gasteiger partial charge in [-0.05, 0) is 38.1 Å². The van der Waals surface area contributed by atoms with Gasteiger partial charge in [0.1, 0.15) is 6.10 Å². The smallest absolute Gasteiger partial charge is 0.338 e. The minimum absolute atomic E-state index is 0.0557. The Morgan fingerprint density at radius 3 is 2.63 bits per heavy atom. The SMILES string of the molecule is CN1[C@@H]2CC[C@H]1CC(OC(=O)c1cccc(Cl)c1)C2. The molecule has 0 saturated carbocycles. The molecular formula is C15H18ClNO2. The van der Waals surface area contributed by atoms with Crippen LogP contribution in [0.3, 0.4) is 0 Å². The number of ether oxygens (including phenoxy) is 1. The van der Waals surface area contributed by atoms with Gasteiger partial charge in [-0.15, -0.1) is 0 Å². The minimum Gasteiger partial charge on any atom is -0.459 e. The fourth-order valence-corrected chi connectivity index (χ4v) is 3.48. The average Bonchev–Trinajstić information content (AvgIpc) is 2.62. The molecule has 1 aromatic carbocycles. The molecule has 0 N–H and O–H groups in total. The number of rotatable bonds is 2. The van der Waals surface area contributed by atoms with Gasteiger partial charge in [0, 0.05) is 29.9 Å². The zero-order valence-electron chi connectivity index (χ0n) is 11.0. The third-order valence-electron chi connectivity index (χ3n) is 4.39. The topological polar surface area (TPSA) is 29.5 Å². The summed E-state index contributed by atoms with van der Waals surface area (Å²) in [5, 5.41) is 0.567. The molecule has 3 nitrogen and oxygen atoms in total. The molecule has 0 amide bonds. The van der Waals surface area contributed by atoms with E-state index in [-0.39, 0.29) is 12.1 Å². The molecule has 1 aromatic rings. The van der Waals surface area contributed by atoms with Crippen molar-refractivity contribution >= 4 is 17.6 Å². The highest BCUT2D eigenvalue weighted by Crippen LogP contribution is 2.35. The summed E-state index contributed by atoms with van der Waals surface area (Å²) in [4.78, 5) is 14.5. The van der Waals surface area contributed by atoms with Crippen LogP contribution in [0.4, 0.5) is 0 Å². The van der Waals surface area contributed by atoms with Crippen molar-refractivity contribution in [1.29, 1.82) is 0 Å². The van der Waals surface area contributed by atoms with Crippen molar-refractivity contribution in [3.05, 3.63) is 34.9 Å². The largest absolute Gasteiger partial charge is 0.459 e. The van der Waals surface area contributed by atoms with Crippen LogP contribution in [-0.4, -0.2) is 36.1 Å². The van der Waals surface area contributed by atoms with E-state index in [4.69, 9.17) is 16.3 Å². The van der Waals surface area contributed by atoms with Crippen molar-refractivity contribution in [3.8, 4) is 0 Å². The second-order valence-electron chi connectivity index (χ2n) is 5.56. The van der Waals surface area contributed by atoms with E-state index in [1.807, 2.05) is 0 Å². The lowest BCUT2D eigenvalue weighted by molar-refractivity contribution is -0.000448. The highest BCUT2D eigenvalue weighted by atomic mass is 35.5. The van der Waals surface area contributed by atoms with Crippen molar-refractivity contribution < 1.29 is 9.53 Å². The van der Waals surface area contributed by atoms with E-state index in [1.165, 1.54) is 12.8 Å². The van der Waals surface area contributed by atoms with Gasteiger partial charge in [-0.3, -0.25) is 0 Å². The normalized spacial score (nSPS) is 30.3. The van der Waals surface area contributed by atoms with Gasteiger partial charge < -0.3 is 9.64 Å². The number of carbonyl (C=O) groups is 1. The van der Waals surface area contributed by atoms with Gasteiger partial charge in [-0.25, -0.2) is 4.79 Å². The molecule has 102 valence electrons. The lowest BCUT2D eigenvalue weighted by atomic mass is 10.0. The summed E-state index contributed by atoms with van der Waals surface area (Å²) in [5.41, 5.74) is 0.541. The van der Waals surface area contributed by atoms with Crippen LogP contribution in [-0.2, 0) is 4.74 Å². The molecule has 0 aromatic heterocycles. The molecule has 0 spiro atoms. The summed E-state index contributed by atoms with van der Waals surface area (Å²) in [7, 11) is 2.18. The Morgan fingerprint density at radius 2 is 2.00 bits per heavy atom.